The topological polar surface area (TPSA) is 40.5 Å². The summed E-state index contributed by atoms with van der Waals surface area (Å²) in [7, 11) is 0. The number of aliphatic hydroxyl groups is 1. The SMILES string of the molecule is C#CCCCCC(=O)N(CCO)C1CC1. The van der Waals surface area contributed by atoms with Gasteiger partial charge in [0.15, 0.2) is 0 Å². The first-order valence-corrected chi connectivity index (χ1v) is 5.63. The first-order chi connectivity index (χ1) is 7.29. The normalized spacial score (nSPS) is 14.7. The van der Waals surface area contributed by atoms with Gasteiger partial charge in [0, 0.05) is 25.4 Å². The number of nitrogens with zero attached hydrogens (tertiary/aromatic N) is 1. The lowest BCUT2D eigenvalue weighted by Gasteiger charge is -2.21. The summed E-state index contributed by atoms with van der Waals surface area (Å²) in [5.74, 6) is 2.74. The van der Waals surface area contributed by atoms with Crippen LogP contribution in [0.15, 0.2) is 0 Å². The third-order valence-corrected chi connectivity index (χ3v) is 2.61. The van der Waals surface area contributed by atoms with Crippen LogP contribution < -0.4 is 0 Å². The molecular weight excluding hydrogens is 190 g/mol. The fourth-order valence-corrected chi connectivity index (χ4v) is 1.65. The van der Waals surface area contributed by atoms with Gasteiger partial charge >= 0.3 is 0 Å². The van der Waals surface area contributed by atoms with Gasteiger partial charge in [-0.2, -0.15) is 0 Å². The van der Waals surface area contributed by atoms with Crippen molar-refractivity contribution in [1.82, 2.24) is 4.90 Å². The summed E-state index contributed by atoms with van der Waals surface area (Å²) in [6.45, 7) is 0.547. The van der Waals surface area contributed by atoms with Gasteiger partial charge in [-0.15, -0.1) is 12.3 Å². The van der Waals surface area contributed by atoms with Gasteiger partial charge in [0.1, 0.15) is 0 Å². The maximum absolute atomic E-state index is 11.7. The van der Waals surface area contributed by atoms with Gasteiger partial charge in [-0.1, -0.05) is 0 Å². The summed E-state index contributed by atoms with van der Waals surface area (Å²) >= 11 is 0. The number of terminal acetylenes is 1. The number of carbonyl (C=O) groups is 1. The Balaban J connectivity index is 2.20. The molecule has 1 aliphatic rings. The summed E-state index contributed by atoms with van der Waals surface area (Å²) in [4.78, 5) is 13.6. The van der Waals surface area contributed by atoms with Crippen LogP contribution in [0.25, 0.3) is 0 Å². The Hall–Kier alpha value is -1.01. The highest BCUT2D eigenvalue weighted by Crippen LogP contribution is 2.27. The van der Waals surface area contributed by atoms with E-state index in [0.717, 1.165) is 32.1 Å². The summed E-state index contributed by atoms with van der Waals surface area (Å²) in [6, 6.07) is 0.400. The molecular formula is C12H19NO2. The van der Waals surface area contributed by atoms with Gasteiger partial charge in [-0.3, -0.25) is 4.79 Å². The molecule has 0 unspecified atom stereocenters. The monoisotopic (exact) mass is 209 g/mol. The second-order valence-electron chi connectivity index (χ2n) is 3.95. The van der Waals surface area contributed by atoms with E-state index in [1.165, 1.54) is 0 Å². The molecule has 0 bridgehead atoms. The van der Waals surface area contributed by atoms with Crippen LogP contribution in [0.4, 0.5) is 0 Å². The average molecular weight is 209 g/mol. The van der Waals surface area contributed by atoms with Gasteiger partial charge in [0.25, 0.3) is 0 Å². The highest BCUT2D eigenvalue weighted by Gasteiger charge is 2.31. The Morgan fingerprint density at radius 1 is 1.47 bits per heavy atom. The first kappa shape index (κ1) is 12.1. The van der Waals surface area contributed by atoms with Crippen molar-refractivity contribution in [3.63, 3.8) is 0 Å². The van der Waals surface area contributed by atoms with E-state index < -0.39 is 0 Å². The van der Waals surface area contributed by atoms with Gasteiger partial charge in [-0.25, -0.2) is 0 Å². The molecule has 0 heterocycles. The molecule has 0 aliphatic heterocycles. The maximum Gasteiger partial charge on any atom is 0.222 e. The summed E-state index contributed by atoms with van der Waals surface area (Å²) in [5.41, 5.74) is 0. The van der Waals surface area contributed by atoms with Gasteiger partial charge in [0.05, 0.1) is 6.61 Å². The number of aliphatic hydroxyl groups excluding tert-OH is 1. The number of carbonyl (C=O) groups excluding carboxylic acids is 1. The Morgan fingerprint density at radius 3 is 2.73 bits per heavy atom. The predicted octanol–water partition coefficient (Wildman–Crippen LogP) is 1.16. The summed E-state index contributed by atoms with van der Waals surface area (Å²) < 4.78 is 0. The molecule has 1 N–H and O–H groups in total. The molecule has 0 radical (unpaired) electrons. The fourth-order valence-electron chi connectivity index (χ4n) is 1.65. The molecule has 0 aromatic rings. The number of unbranched alkanes of at least 4 members (excludes halogenated alkanes) is 2. The minimum absolute atomic E-state index is 0.0621. The van der Waals surface area contributed by atoms with Crippen LogP contribution in [0.1, 0.15) is 38.5 Å². The van der Waals surface area contributed by atoms with Gasteiger partial charge in [0.2, 0.25) is 5.91 Å². The maximum atomic E-state index is 11.7. The molecule has 3 nitrogen and oxygen atoms in total. The second-order valence-corrected chi connectivity index (χ2v) is 3.95. The largest absolute Gasteiger partial charge is 0.395 e. The van der Waals surface area contributed by atoms with Crippen molar-refractivity contribution in [2.24, 2.45) is 0 Å². The lowest BCUT2D eigenvalue weighted by atomic mass is 10.2. The Labute approximate surface area is 91.5 Å². The summed E-state index contributed by atoms with van der Waals surface area (Å²) in [5, 5.41) is 8.85. The molecule has 1 rings (SSSR count). The van der Waals surface area contributed by atoms with E-state index in [4.69, 9.17) is 11.5 Å². The molecule has 1 saturated carbocycles. The molecule has 84 valence electrons. The molecule has 0 atom stereocenters. The molecule has 1 amide bonds. The number of rotatable bonds is 7. The predicted molar refractivity (Wildman–Crippen MR) is 59.1 cm³/mol. The molecule has 0 aromatic carbocycles. The van der Waals surface area contributed by atoms with E-state index in [2.05, 4.69) is 5.92 Å². The first-order valence-electron chi connectivity index (χ1n) is 5.63. The Bertz CT molecular complexity index is 240. The van der Waals surface area contributed by atoms with Crippen molar-refractivity contribution < 1.29 is 9.90 Å². The fraction of sp³-hybridized carbons (Fsp3) is 0.750. The average Bonchev–Trinajstić information content (AvgIpc) is 3.04. The third-order valence-electron chi connectivity index (χ3n) is 2.61. The molecule has 1 aliphatic carbocycles. The summed E-state index contributed by atoms with van der Waals surface area (Å²) in [6.07, 6.45) is 10.4. The van der Waals surface area contributed by atoms with E-state index >= 15 is 0 Å². The lowest BCUT2D eigenvalue weighted by Crippen LogP contribution is -2.35. The van der Waals surface area contributed by atoms with Crippen LogP contribution in [0, 0.1) is 12.3 Å². The van der Waals surface area contributed by atoms with E-state index in [9.17, 15) is 4.79 Å². The lowest BCUT2D eigenvalue weighted by molar-refractivity contribution is -0.132. The minimum Gasteiger partial charge on any atom is -0.395 e. The Morgan fingerprint density at radius 2 is 2.20 bits per heavy atom. The zero-order valence-corrected chi connectivity index (χ0v) is 9.11. The van der Waals surface area contributed by atoms with Crippen LogP contribution in [0.5, 0.6) is 0 Å². The highest BCUT2D eigenvalue weighted by molar-refractivity contribution is 5.76. The second kappa shape index (κ2) is 6.47. The van der Waals surface area contributed by atoms with E-state index in [1.54, 1.807) is 0 Å². The van der Waals surface area contributed by atoms with Crippen molar-refractivity contribution in [2.75, 3.05) is 13.2 Å². The highest BCUT2D eigenvalue weighted by atomic mass is 16.3. The van der Waals surface area contributed by atoms with Crippen molar-refractivity contribution >= 4 is 5.91 Å². The van der Waals surface area contributed by atoms with Gasteiger partial charge in [-0.05, 0) is 25.7 Å². The minimum atomic E-state index is 0.0621. The number of hydrogen-bond acceptors (Lipinski definition) is 2. The third kappa shape index (κ3) is 4.35. The van der Waals surface area contributed by atoms with Crippen LogP contribution in [0.2, 0.25) is 0 Å². The molecule has 0 aromatic heterocycles. The smallest absolute Gasteiger partial charge is 0.222 e. The zero-order valence-electron chi connectivity index (χ0n) is 9.11. The van der Waals surface area contributed by atoms with E-state index in [-0.39, 0.29) is 12.5 Å². The zero-order chi connectivity index (χ0) is 11.1. The van der Waals surface area contributed by atoms with Crippen LogP contribution in [-0.4, -0.2) is 35.1 Å². The van der Waals surface area contributed by atoms with Crippen molar-refractivity contribution in [3.05, 3.63) is 0 Å². The molecule has 0 saturated heterocycles. The van der Waals surface area contributed by atoms with Crippen molar-refractivity contribution in [3.8, 4) is 12.3 Å². The standard InChI is InChI=1S/C12H19NO2/c1-2-3-4-5-6-12(15)13(9-10-14)11-7-8-11/h1,11,14H,3-10H2. The van der Waals surface area contributed by atoms with Crippen LogP contribution in [-0.2, 0) is 4.79 Å². The van der Waals surface area contributed by atoms with E-state index in [0.29, 0.717) is 19.0 Å². The molecule has 15 heavy (non-hydrogen) atoms. The van der Waals surface area contributed by atoms with E-state index in [1.807, 2.05) is 4.90 Å². The van der Waals surface area contributed by atoms with Crippen LogP contribution >= 0.6 is 0 Å². The van der Waals surface area contributed by atoms with Crippen molar-refractivity contribution in [1.29, 1.82) is 0 Å². The van der Waals surface area contributed by atoms with Crippen molar-refractivity contribution in [2.45, 2.75) is 44.6 Å². The quantitative estimate of drug-likeness (QED) is 0.505. The number of hydrogen-bond donors (Lipinski definition) is 1. The van der Waals surface area contributed by atoms with Gasteiger partial charge < -0.3 is 10.0 Å². The van der Waals surface area contributed by atoms with Crippen LogP contribution in [0.3, 0.4) is 0 Å². The molecule has 0 spiro atoms. The molecule has 1 fully saturated rings. The Kier molecular flexibility index (Phi) is 5.20. The molecule has 3 heteroatoms. The number of amides is 1.